The van der Waals surface area contributed by atoms with Crippen LogP contribution < -0.4 is 5.32 Å². The van der Waals surface area contributed by atoms with Crippen molar-refractivity contribution >= 4 is 22.6 Å². The molecule has 7 nitrogen and oxygen atoms in total. The predicted octanol–water partition coefficient (Wildman–Crippen LogP) is 3.87. The van der Waals surface area contributed by atoms with Crippen molar-refractivity contribution in [1.82, 2.24) is 29.1 Å². The number of fused-ring (bicyclic) bond motifs is 2. The Labute approximate surface area is 164 Å². The molecule has 0 saturated heterocycles. The molecule has 4 heterocycles. The van der Waals surface area contributed by atoms with E-state index in [9.17, 15) is 13.2 Å². The van der Waals surface area contributed by atoms with E-state index >= 15 is 0 Å². The molecule has 0 aliphatic heterocycles. The first kappa shape index (κ1) is 19.2. The lowest BCUT2D eigenvalue weighted by molar-refractivity contribution is 0.127. The highest BCUT2D eigenvalue weighted by atomic mass is 19.3. The lowest BCUT2D eigenvalue weighted by atomic mass is 10.1. The molecule has 4 rings (SSSR count). The van der Waals surface area contributed by atoms with Crippen LogP contribution in [0.2, 0.25) is 0 Å². The van der Waals surface area contributed by atoms with Crippen molar-refractivity contribution in [2.75, 3.05) is 11.9 Å². The number of aromatic nitrogens is 6. The molecule has 152 valence electrons. The Kier molecular flexibility index (Phi) is 4.64. The Morgan fingerprint density at radius 1 is 1.17 bits per heavy atom. The van der Waals surface area contributed by atoms with Gasteiger partial charge < -0.3 is 9.88 Å². The Morgan fingerprint density at radius 2 is 1.97 bits per heavy atom. The van der Waals surface area contributed by atoms with Crippen LogP contribution in [0, 0.1) is 6.92 Å². The number of nitrogens with zero attached hydrogens (tertiary/aromatic N) is 6. The van der Waals surface area contributed by atoms with Crippen LogP contribution in [-0.2, 0) is 6.54 Å². The Bertz CT molecular complexity index is 1170. The summed E-state index contributed by atoms with van der Waals surface area (Å²) in [5, 5.41) is 7.20. The Hall–Kier alpha value is -3.17. The highest BCUT2D eigenvalue weighted by Crippen LogP contribution is 2.28. The van der Waals surface area contributed by atoms with Crippen molar-refractivity contribution in [3.8, 4) is 11.1 Å². The van der Waals surface area contributed by atoms with E-state index in [1.165, 1.54) is 18.4 Å². The summed E-state index contributed by atoms with van der Waals surface area (Å²) in [6, 6.07) is 3.63. The van der Waals surface area contributed by atoms with Gasteiger partial charge in [-0.05, 0) is 32.9 Å². The number of anilines is 1. The summed E-state index contributed by atoms with van der Waals surface area (Å²) in [5.74, 6) is 0.797. The van der Waals surface area contributed by atoms with Gasteiger partial charge in [0.1, 0.15) is 11.5 Å². The van der Waals surface area contributed by atoms with Crippen LogP contribution in [0.1, 0.15) is 19.7 Å². The molecule has 0 radical (unpaired) electrons. The van der Waals surface area contributed by atoms with Gasteiger partial charge in [-0.3, -0.25) is 0 Å². The number of halogens is 3. The molecule has 1 N–H and O–H groups in total. The summed E-state index contributed by atoms with van der Waals surface area (Å²) in [6.07, 6.45) is 2.54. The van der Waals surface area contributed by atoms with Gasteiger partial charge in [0.2, 0.25) is 5.95 Å². The molecule has 0 aromatic carbocycles. The Morgan fingerprint density at radius 3 is 2.69 bits per heavy atom. The highest BCUT2D eigenvalue weighted by Gasteiger charge is 2.17. The van der Waals surface area contributed by atoms with Gasteiger partial charge in [0.25, 0.3) is 6.43 Å². The number of hydrogen-bond acceptors (Lipinski definition) is 5. The zero-order chi connectivity index (χ0) is 20.8. The lowest BCUT2D eigenvalue weighted by Gasteiger charge is -2.14. The third-order valence-corrected chi connectivity index (χ3v) is 4.51. The number of nitrogens with one attached hydrogen (secondary N) is 1. The smallest absolute Gasteiger partial charge is 0.256 e. The fraction of sp³-hybridized carbons (Fsp3) is 0.368. The van der Waals surface area contributed by atoms with Crippen molar-refractivity contribution in [2.24, 2.45) is 0 Å². The zero-order valence-electron chi connectivity index (χ0n) is 16.2. The van der Waals surface area contributed by atoms with Crippen molar-refractivity contribution in [1.29, 1.82) is 0 Å². The average molecular weight is 403 g/mol. The molecular weight excluding hydrogens is 383 g/mol. The summed E-state index contributed by atoms with van der Waals surface area (Å²) >= 11 is 0. The summed E-state index contributed by atoms with van der Waals surface area (Å²) in [7, 11) is 0. The fourth-order valence-electron chi connectivity index (χ4n) is 3.15. The summed E-state index contributed by atoms with van der Waals surface area (Å²) in [4.78, 5) is 12.8. The molecule has 0 atom stereocenters. The van der Waals surface area contributed by atoms with Crippen molar-refractivity contribution in [2.45, 2.75) is 39.4 Å². The van der Waals surface area contributed by atoms with E-state index in [0.717, 1.165) is 11.1 Å². The first-order valence-corrected chi connectivity index (χ1v) is 9.10. The van der Waals surface area contributed by atoms with E-state index in [1.807, 2.05) is 6.07 Å². The van der Waals surface area contributed by atoms with E-state index in [4.69, 9.17) is 0 Å². The zero-order valence-corrected chi connectivity index (χ0v) is 16.2. The third kappa shape index (κ3) is 3.87. The number of pyridine rings is 1. The molecule has 0 bridgehead atoms. The number of alkyl halides is 3. The molecule has 0 spiro atoms. The van der Waals surface area contributed by atoms with Crippen molar-refractivity contribution in [3.05, 3.63) is 36.5 Å². The van der Waals surface area contributed by atoms with E-state index < -0.39 is 18.6 Å². The predicted molar refractivity (Wildman–Crippen MR) is 104 cm³/mol. The molecule has 0 aliphatic carbocycles. The van der Waals surface area contributed by atoms with E-state index in [2.05, 4.69) is 25.4 Å². The van der Waals surface area contributed by atoms with Crippen LogP contribution in [0.25, 0.3) is 27.8 Å². The van der Waals surface area contributed by atoms with Gasteiger partial charge in [0.15, 0.2) is 5.65 Å². The molecule has 10 heteroatoms. The minimum absolute atomic E-state index is 0.0840. The van der Waals surface area contributed by atoms with Gasteiger partial charge in [-0.15, -0.1) is 5.10 Å². The second kappa shape index (κ2) is 7.02. The summed E-state index contributed by atoms with van der Waals surface area (Å²) in [6.45, 7) is 4.26. The Balaban J connectivity index is 1.71. The van der Waals surface area contributed by atoms with E-state index in [-0.39, 0.29) is 6.54 Å². The standard InChI is InChI=1S/C19H20F3N7/c1-11-26-17-14(28(11)9-16(20)21)6-12(7-23-17)13-4-5-29-15(13)8-24-18(27-29)25-10-19(2,3)22/h4-8,16H,9-10H2,1-3H3,(H,25,27). The number of hydrogen-bond donors (Lipinski definition) is 1. The molecule has 0 unspecified atom stereocenters. The molecule has 29 heavy (non-hydrogen) atoms. The topological polar surface area (TPSA) is 72.9 Å². The second-order valence-electron chi connectivity index (χ2n) is 7.44. The van der Waals surface area contributed by atoms with E-state index in [0.29, 0.717) is 28.5 Å². The van der Waals surface area contributed by atoms with E-state index in [1.54, 1.807) is 36.1 Å². The number of aryl methyl sites for hydroxylation is 1. The summed E-state index contributed by atoms with van der Waals surface area (Å²) in [5.41, 5.74) is 1.84. The van der Waals surface area contributed by atoms with Crippen molar-refractivity contribution < 1.29 is 13.2 Å². The first-order valence-electron chi connectivity index (χ1n) is 9.10. The van der Waals surface area contributed by atoms with Gasteiger partial charge >= 0.3 is 0 Å². The van der Waals surface area contributed by atoms with Gasteiger partial charge in [-0.2, -0.15) is 0 Å². The first-order chi connectivity index (χ1) is 13.7. The SMILES string of the molecule is Cc1nc2ncc(-c3ccn4nc(NCC(C)(C)F)ncc34)cc2n1CC(F)F. The minimum Gasteiger partial charge on any atom is -0.350 e. The maximum Gasteiger partial charge on any atom is 0.256 e. The number of rotatable bonds is 6. The molecule has 0 amide bonds. The van der Waals surface area contributed by atoms with Crippen LogP contribution in [-0.4, -0.2) is 47.8 Å². The maximum atomic E-state index is 13.7. The quantitative estimate of drug-likeness (QED) is 0.529. The molecule has 0 fully saturated rings. The minimum atomic E-state index is -2.49. The number of imidazole rings is 1. The molecule has 4 aromatic heterocycles. The molecule has 0 aliphatic rings. The maximum absolute atomic E-state index is 13.7. The van der Waals surface area contributed by atoms with Gasteiger partial charge in [0.05, 0.1) is 30.3 Å². The van der Waals surface area contributed by atoms with Crippen LogP contribution in [0.5, 0.6) is 0 Å². The molecule has 4 aromatic rings. The van der Waals surface area contributed by atoms with Gasteiger partial charge in [0, 0.05) is 23.5 Å². The van der Waals surface area contributed by atoms with Gasteiger partial charge in [-0.1, -0.05) is 0 Å². The third-order valence-electron chi connectivity index (χ3n) is 4.51. The fourth-order valence-corrected chi connectivity index (χ4v) is 3.15. The largest absolute Gasteiger partial charge is 0.350 e. The molecular formula is C19H20F3N7. The van der Waals surface area contributed by atoms with Crippen LogP contribution in [0.3, 0.4) is 0 Å². The lowest BCUT2D eigenvalue weighted by Crippen LogP contribution is -2.25. The van der Waals surface area contributed by atoms with Crippen LogP contribution in [0.15, 0.2) is 30.7 Å². The summed E-state index contributed by atoms with van der Waals surface area (Å²) < 4.78 is 42.6. The highest BCUT2D eigenvalue weighted by molar-refractivity contribution is 5.85. The molecule has 0 saturated carbocycles. The normalized spacial score (nSPS) is 12.4. The van der Waals surface area contributed by atoms with Crippen LogP contribution in [0.4, 0.5) is 19.1 Å². The van der Waals surface area contributed by atoms with Gasteiger partial charge in [-0.25, -0.2) is 32.6 Å². The van der Waals surface area contributed by atoms with Crippen LogP contribution >= 0.6 is 0 Å². The second-order valence-corrected chi connectivity index (χ2v) is 7.44. The average Bonchev–Trinajstić information content (AvgIpc) is 3.19. The monoisotopic (exact) mass is 403 g/mol. The van der Waals surface area contributed by atoms with Crippen molar-refractivity contribution in [3.63, 3.8) is 0 Å².